The van der Waals surface area contributed by atoms with Gasteiger partial charge in [-0.15, -0.1) is 0 Å². The van der Waals surface area contributed by atoms with Crippen LogP contribution in [0.25, 0.3) is 0 Å². The molecule has 2 aliphatic rings. The molecule has 1 aromatic carbocycles. The van der Waals surface area contributed by atoms with Crippen LogP contribution < -0.4 is 4.74 Å². The molecule has 2 atom stereocenters. The Morgan fingerprint density at radius 3 is 2.43 bits per heavy atom. The Bertz CT molecular complexity index is 663. The zero-order chi connectivity index (χ0) is 15.2. The van der Waals surface area contributed by atoms with Gasteiger partial charge in [0, 0.05) is 12.0 Å². The molecule has 0 amide bonds. The molecule has 4 nitrogen and oxygen atoms in total. The Hall–Kier alpha value is -1.43. The first-order valence-electron chi connectivity index (χ1n) is 7.04. The second-order valence-electron chi connectivity index (χ2n) is 5.79. The van der Waals surface area contributed by atoms with E-state index >= 15 is 0 Å². The minimum atomic E-state index is -3.04. The van der Waals surface area contributed by atoms with Crippen LogP contribution >= 0.6 is 0 Å². The molecule has 2 saturated heterocycles. The highest BCUT2D eigenvalue weighted by Crippen LogP contribution is 2.42. The van der Waals surface area contributed by atoms with Crippen LogP contribution in [0.2, 0.25) is 0 Å². The molecule has 0 aliphatic carbocycles. The van der Waals surface area contributed by atoms with E-state index in [-0.39, 0.29) is 17.5 Å². The van der Waals surface area contributed by atoms with E-state index in [1.165, 1.54) is 25.3 Å². The summed E-state index contributed by atoms with van der Waals surface area (Å²) in [4.78, 5) is 12.6. The van der Waals surface area contributed by atoms with Crippen molar-refractivity contribution >= 4 is 15.6 Å². The summed E-state index contributed by atoms with van der Waals surface area (Å²) >= 11 is 0. The second-order valence-corrected chi connectivity index (χ2v) is 8.30. The van der Waals surface area contributed by atoms with Crippen molar-refractivity contribution in [3.63, 3.8) is 0 Å². The summed E-state index contributed by atoms with van der Waals surface area (Å²) in [5, 5.41) is -0.784. The molecule has 114 valence electrons. The minimum Gasteiger partial charge on any atom is -0.496 e. The van der Waals surface area contributed by atoms with Crippen molar-refractivity contribution in [3.05, 3.63) is 29.6 Å². The number of halogens is 1. The van der Waals surface area contributed by atoms with Crippen molar-refractivity contribution < 1.29 is 22.3 Å². The summed E-state index contributed by atoms with van der Waals surface area (Å²) in [6.45, 7) is 0. The van der Waals surface area contributed by atoms with Gasteiger partial charge in [0.05, 0.1) is 23.2 Å². The molecule has 0 N–H and O–H groups in total. The number of benzene rings is 1. The predicted molar refractivity (Wildman–Crippen MR) is 75.7 cm³/mol. The number of hydrogen-bond donors (Lipinski definition) is 0. The quantitative estimate of drug-likeness (QED) is 0.804. The minimum absolute atomic E-state index is 0.140. The smallest absolute Gasteiger partial charge is 0.169 e. The van der Waals surface area contributed by atoms with Gasteiger partial charge in [0.1, 0.15) is 11.6 Å². The van der Waals surface area contributed by atoms with Crippen molar-refractivity contribution in [2.75, 3.05) is 7.11 Å². The van der Waals surface area contributed by atoms with Gasteiger partial charge in [-0.3, -0.25) is 4.79 Å². The average Bonchev–Trinajstić information content (AvgIpc) is 2.66. The Morgan fingerprint density at radius 2 is 1.86 bits per heavy atom. The number of carbonyl (C=O) groups excluding carboxylic acids is 1. The molecule has 0 aromatic heterocycles. The van der Waals surface area contributed by atoms with Gasteiger partial charge < -0.3 is 4.74 Å². The number of ketones is 1. The number of hydrogen-bond acceptors (Lipinski definition) is 4. The van der Waals surface area contributed by atoms with E-state index in [1.807, 2.05) is 0 Å². The molecule has 2 heterocycles. The molecule has 0 radical (unpaired) electrons. The number of sulfone groups is 1. The van der Waals surface area contributed by atoms with Crippen LogP contribution in [0.15, 0.2) is 18.2 Å². The first-order chi connectivity index (χ1) is 9.93. The van der Waals surface area contributed by atoms with Crippen LogP contribution in [0.5, 0.6) is 5.75 Å². The lowest BCUT2D eigenvalue weighted by atomic mass is 9.90. The topological polar surface area (TPSA) is 60.4 Å². The molecule has 2 unspecified atom stereocenters. The Balaban J connectivity index is 1.88. The summed E-state index contributed by atoms with van der Waals surface area (Å²) in [6, 6.07) is 3.83. The van der Waals surface area contributed by atoms with Crippen molar-refractivity contribution in [2.45, 2.75) is 36.2 Å². The van der Waals surface area contributed by atoms with E-state index < -0.39 is 26.2 Å². The fourth-order valence-electron chi connectivity index (χ4n) is 3.51. The maximum absolute atomic E-state index is 13.2. The SMILES string of the molecule is COc1cc(F)ccc1C(=O)C1CC2CCC(C1)S2(=O)=O. The average molecular weight is 312 g/mol. The van der Waals surface area contributed by atoms with E-state index in [2.05, 4.69) is 0 Å². The largest absolute Gasteiger partial charge is 0.496 e. The van der Waals surface area contributed by atoms with Gasteiger partial charge in [0.15, 0.2) is 15.6 Å². The fourth-order valence-corrected chi connectivity index (χ4v) is 5.98. The number of methoxy groups -OCH3 is 1. The maximum Gasteiger partial charge on any atom is 0.169 e. The van der Waals surface area contributed by atoms with Crippen molar-refractivity contribution in [1.29, 1.82) is 0 Å². The van der Waals surface area contributed by atoms with Gasteiger partial charge in [-0.05, 0) is 37.8 Å². The fraction of sp³-hybridized carbons (Fsp3) is 0.533. The molecule has 6 heteroatoms. The van der Waals surface area contributed by atoms with Gasteiger partial charge >= 0.3 is 0 Å². The normalized spacial score (nSPS) is 30.1. The van der Waals surface area contributed by atoms with E-state index in [4.69, 9.17) is 4.74 Å². The van der Waals surface area contributed by atoms with Crippen LogP contribution in [-0.2, 0) is 9.84 Å². The van der Waals surface area contributed by atoms with Crippen LogP contribution in [0.3, 0.4) is 0 Å². The highest BCUT2D eigenvalue weighted by Gasteiger charge is 2.48. The third kappa shape index (κ3) is 2.35. The molecule has 0 saturated carbocycles. The molecule has 21 heavy (non-hydrogen) atoms. The first kappa shape index (κ1) is 14.5. The molecule has 2 bridgehead atoms. The lowest BCUT2D eigenvalue weighted by Gasteiger charge is -2.27. The third-order valence-electron chi connectivity index (χ3n) is 4.63. The van der Waals surface area contributed by atoms with Crippen LogP contribution in [-0.4, -0.2) is 31.8 Å². The van der Waals surface area contributed by atoms with Crippen LogP contribution in [0.1, 0.15) is 36.0 Å². The number of Topliss-reactive ketones (excluding diaryl/α,β-unsaturated/α-hetero) is 1. The zero-order valence-electron chi connectivity index (χ0n) is 11.7. The highest BCUT2D eigenvalue weighted by atomic mass is 32.2. The van der Waals surface area contributed by atoms with Gasteiger partial charge in [-0.1, -0.05) is 0 Å². The number of carbonyl (C=O) groups is 1. The Labute approximate surface area is 123 Å². The Morgan fingerprint density at radius 1 is 1.24 bits per heavy atom. The van der Waals surface area contributed by atoms with E-state index in [1.54, 1.807) is 0 Å². The van der Waals surface area contributed by atoms with Crippen LogP contribution in [0.4, 0.5) is 4.39 Å². The second kappa shape index (κ2) is 5.09. The summed E-state index contributed by atoms with van der Waals surface area (Å²) in [6.07, 6.45) is 2.05. The number of fused-ring (bicyclic) bond motifs is 2. The van der Waals surface area contributed by atoms with Crippen molar-refractivity contribution in [2.24, 2.45) is 5.92 Å². The molecule has 2 aliphatic heterocycles. The van der Waals surface area contributed by atoms with Crippen LogP contribution in [0, 0.1) is 11.7 Å². The van der Waals surface area contributed by atoms with Gasteiger partial charge in [0.25, 0.3) is 0 Å². The predicted octanol–water partition coefficient (Wildman–Crippen LogP) is 2.37. The molecule has 2 fully saturated rings. The summed E-state index contributed by atoms with van der Waals surface area (Å²) < 4.78 is 42.4. The molecule has 3 rings (SSSR count). The van der Waals surface area contributed by atoms with E-state index in [9.17, 15) is 17.6 Å². The molecular formula is C15H17FO4S. The maximum atomic E-state index is 13.2. The first-order valence-corrected chi connectivity index (χ1v) is 8.65. The summed E-state index contributed by atoms with van der Waals surface area (Å²) in [7, 11) is -1.65. The van der Waals surface area contributed by atoms with Gasteiger partial charge in [0.2, 0.25) is 0 Å². The van der Waals surface area contributed by atoms with Gasteiger partial charge in [-0.2, -0.15) is 0 Å². The molecular weight excluding hydrogens is 295 g/mol. The van der Waals surface area contributed by atoms with Crippen molar-refractivity contribution in [3.8, 4) is 5.75 Å². The third-order valence-corrected chi connectivity index (χ3v) is 7.35. The monoisotopic (exact) mass is 312 g/mol. The lowest BCUT2D eigenvalue weighted by Crippen LogP contribution is -2.36. The summed E-state index contributed by atoms with van der Waals surface area (Å²) in [5.74, 6) is -0.709. The van der Waals surface area contributed by atoms with E-state index in [0.29, 0.717) is 31.2 Å². The summed E-state index contributed by atoms with van der Waals surface area (Å²) in [5.41, 5.74) is 0.336. The van der Waals surface area contributed by atoms with Gasteiger partial charge in [-0.25, -0.2) is 12.8 Å². The molecule has 0 spiro atoms. The lowest BCUT2D eigenvalue weighted by molar-refractivity contribution is 0.0902. The highest BCUT2D eigenvalue weighted by molar-refractivity contribution is 7.93. The standard InChI is InChI=1S/C15H17FO4S/c1-20-14-8-10(16)2-5-13(14)15(17)9-6-11-3-4-12(7-9)21(11,18)19/h2,5,8-9,11-12H,3-4,6-7H2,1H3. The molecule has 1 aromatic rings. The Kier molecular flexibility index (Phi) is 3.51. The number of rotatable bonds is 3. The zero-order valence-corrected chi connectivity index (χ0v) is 12.5. The van der Waals surface area contributed by atoms with Crippen molar-refractivity contribution in [1.82, 2.24) is 0 Å². The number of ether oxygens (including phenoxy) is 1. The van der Waals surface area contributed by atoms with E-state index in [0.717, 1.165) is 0 Å².